The molecule has 0 aliphatic carbocycles. The van der Waals surface area contributed by atoms with Crippen LogP contribution in [0.25, 0.3) is 0 Å². The van der Waals surface area contributed by atoms with Crippen molar-refractivity contribution < 1.29 is 24.1 Å². The van der Waals surface area contributed by atoms with Crippen LogP contribution in [-0.4, -0.2) is 31.9 Å². The van der Waals surface area contributed by atoms with E-state index >= 15 is 0 Å². The molecule has 0 amide bonds. The van der Waals surface area contributed by atoms with Gasteiger partial charge in [0.1, 0.15) is 12.2 Å². The molecule has 1 N–H and O–H groups in total. The van der Waals surface area contributed by atoms with Crippen LogP contribution >= 0.6 is 0 Å². The Labute approximate surface area is 98.9 Å². The van der Waals surface area contributed by atoms with Crippen molar-refractivity contribution >= 4 is 5.97 Å². The first kappa shape index (κ1) is 12.7. The highest BCUT2D eigenvalue weighted by molar-refractivity contribution is 5.93. The van der Waals surface area contributed by atoms with Crippen LogP contribution in [-0.2, 0) is 4.74 Å². The van der Waals surface area contributed by atoms with E-state index in [2.05, 4.69) is 10.7 Å². The van der Waals surface area contributed by atoms with Crippen molar-refractivity contribution in [3.05, 3.63) is 17.7 Å². The molecule has 5 heteroatoms. The van der Waals surface area contributed by atoms with E-state index < -0.39 is 5.97 Å². The van der Waals surface area contributed by atoms with Gasteiger partial charge in [0.15, 0.2) is 11.5 Å². The predicted octanol–water partition coefficient (Wildman–Crippen LogP) is 1.20. The lowest BCUT2D eigenvalue weighted by Crippen LogP contribution is -2.04. The fraction of sp³-hybridized carbons (Fsp3) is 0.250. The zero-order chi connectivity index (χ0) is 12.8. The van der Waals surface area contributed by atoms with E-state index in [0.717, 1.165) is 0 Å². The summed E-state index contributed by atoms with van der Waals surface area (Å²) in [7, 11) is 2.57. The summed E-state index contributed by atoms with van der Waals surface area (Å²) in [6.07, 6.45) is 5.05. The summed E-state index contributed by atoms with van der Waals surface area (Å²) >= 11 is 0. The summed E-state index contributed by atoms with van der Waals surface area (Å²) in [6, 6.07) is 2.84. The number of aromatic hydroxyl groups is 1. The van der Waals surface area contributed by atoms with Gasteiger partial charge in [0.25, 0.3) is 0 Å². The van der Waals surface area contributed by atoms with Gasteiger partial charge in [0, 0.05) is 0 Å². The summed E-state index contributed by atoms with van der Waals surface area (Å²) in [6.45, 7) is 0.0351. The molecule has 0 unspecified atom stereocenters. The van der Waals surface area contributed by atoms with E-state index in [0.29, 0.717) is 0 Å². The van der Waals surface area contributed by atoms with E-state index in [-0.39, 0.29) is 29.4 Å². The monoisotopic (exact) mass is 236 g/mol. The minimum atomic E-state index is -0.663. The number of terminal acetylenes is 1. The Balaban J connectivity index is 3.18. The minimum Gasteiger partial charge on any atom is -0.504 e. The third-order valence-electron chi connectivity index (χ3n) is 2.02. The van der Waals surface area contributed by atoms with Crippen LogP contribution in [0.4, 0.5) is 0 Å². The van der Waals surface area contributed by atoms with Gasteiger partial charge in [-0.15, -0.1) is 6.42 Å². The molecule has 5 nitrogen and oxygen atoms in total. The summed E-state index contributed by atoms with van der Waals surface area (Å²) in [5.41, 5.74) is -0.00240. The van der Waals surface area contributed by atoms with Gasteiger partial charge in [-0.25, -0.2) is 4.79 Å². The second-order valence-corrected chi connectivity index (χ2v) is 2.98. The molecule has 0 radical (unpaired) electrons. The van der Waals surface area contributed by atoms with E-state index in [9.17, 15) is 9.90 Å². The Morgan fingerprint density at radius 3 is 2.71 bits per heavy atom. The molecular weight excluding hydrogens is 224 g/mol. The number of carbonyl (C=O) groups excluding carboxylic acids is 1. The highest BCUT2D eigenvalue weighted by Crippen LogP contribution is 2.39. The van der Waals surface area contributed by atoms with E-state index in [4.69, 9.17) is 15.9 Å². The smallest absolute Gasteiger partial charge is 0.341 e. The molecule has 0 fully saturated rings. The molecule has 0 aromatic heterocycles. The van der Waals surface area contributed by atoms with Gasteiger partial charge in [-0.3, -0.25) is 0 Å². The first-order valence-corrected chi connectivity index (χ1v) is 4.70. The summed E-state index contributed by atoms with van der Waals surface area (Å²) < 4.78 is 14.6. The normalized spacial score (nSPS) is 9.24. The highest BCUT2D eigenvalue weighted by atomic mass is 16.5. The number of ether oxygens (including phenoxy) is 3. The lowest BCUT2D eigenvalue weighted by atomic mass is 10.1. The average molecular weight is 236 g/mol. The fourth-order valence-electron chi connectivity index (χ4n) is 1.26. The van der Waals surface area contributed by atoms with E-state index in [1.165, 1.54) is 26.4 Å². The third-order valence-corrected chi connectivity index (χ3v) is 2.02. The third kappa shape index (κ3) is 2.61. The lowest BCUT2D eigenvalue weighted by Gasteiger charge is -2.12. The predicted molar refractivity (Wildman–Crippen MR) is 60.3 cm³/mol. The van der Waals surface area contributed by atoms with Gasteiger partial charge in [-0.05, 0) is 12.1 Å². The first-order chi connectivity index (χ1) is 8.15. The maximum atomic E-state index is 11.3. The van der Waals surface area contributed by atoms with Crippen LogP contribution in [0.15, 0.2) is 12.1 Å². The molecule has 17 heavy (non-hydrogen) atoms. The molecule has 0 atom stereocenters. The summed E-state index contributed by atoms with van der Waals surface area (Å²) in [5.74, 6) is 1.59. The van der Waals surface area contributed by atoms with Crippen LogP contribution < -0.4 is 9.47 Å². The molecule has 0 aliphatic rings. The van der Waals surface area contributed by atoms with Gasteiger partial charge in [0.2, 0.25) is 5.75 Å². The molecule has 1 rings (SSSR count). The summed E-state index contributed by atoms with van der Waals surface area (Å²) in [5, 5.41) is 9.81. The first-order valence-electron chi connectivity index (χ1n) is 4.70. The number of rotatable bonds is 4. The second kappa shape index (κ2) is 5.66. The molecular formula is C12H12O5. The Morgan fingerprint density at radius 2 is 2.18 bits per heavy atom. The van der Waals surface area contributed by atoms with Crippen LogP contribution in [0, 0.1) is 12.3 Å². The number of benzene rings is 1. The number of esters is 1. The molecule has 0 spiro atoms. The SMILES string of the molecule is C#CCOc1ccc(C(=O)OC)c(O)c1OC. The molecule has 0 saturated heterocycles. The zero-order valence-corrected chi connectivity index (χ0v) is 9.52. The lowest BCUT2D eigenvalue weighted by molar-refractivity contribution is 0.0596. The van der Waals surface area contributed by atoms with Crippen LogP contribution in [0.5, 0.6) is 17.2 Å². The Hall–Kier alpha value is -2.35. The van der Waals surface area contributed by atoms with Crippen molar-refractivity contribution in [2.75, 3.05) is 20.8 Å². The maximum Gasteiger partial charge on any atom is 0.341 e. The van der Waals surface area contributed by atoms with Gasteiger partial charge < -0.3 is 19.3 Å². The van der Waals surface area contributed by atoms with Crippen molar-refractivity contribution in [1.29, 1.82) is 0 Å². The number of hydrogen-bond donors (Lipinski definition) is 1. The average Bonchev–Trinajstić information content (AvgIpc) is 2.35. The van der Waals surface area contributed by atoms with E-state index in [1.54, 1.807) is 0 Å². The quantitative estimate of drug-likeness (QED) is 0.628. The van der Waals surface area contributed by atoms with Gasteiger partial charge in [-0.2, -0.15) is 0 Å². The van der Waals surface area contributed by atoms with Crippen molar-refractivity contribution in [1.82, 2.24) is 0 Å². The molecule has 0 bridgehead atoms. The Kier molecular flexibility index (Phi) is 4.23. The number of carbonyl (C=O) groups is 1. The highest BCUT2D eigenvalue weighted by Gasteiger charge is 2.19. The Bertz CT molecular complexity index is 459. The van der Waals surface area contributed by atoms with E-state index in [1.807, 2.05) is 0 Å². The topological polar surface area (TPSA) is 65.0 Å². The van der Waals surface area contributed by atoms with Crippen LogP contribution in [0.1, 0.15) is 10.4 Å². The maximum absolute atomic E-state index is 11.3. The minimum absolute atomic E-state index is 0.00240. The molecule has 0 aliphatic heterocycles. The van der Waals surface area contributed by atoms with Crippen LogP contribution in [0.3, 0.4) is 0 Å². The van der Waals surface area contributed by atoms with Gasteiger partial charge in [0.05, 0.1) is 14.2 Å². The van der Waals surface area contributed by atoms with Crippen molar-refractivity contribution in [2.45, 2.75) is 0 Å². The Morgan fingerprint density at radius 1 is 1.47 bits per heavy atom. The summed E-state index contributed by atoms with van der Waals surface area (Å²) in [4.78, 5) is 11.3. The molecule has 90 valence electrons. The standard InChI is InChI=1S/C12H12O5/c1-4-7-17-9-6-5-8(12(14)16-3)10(13)11(9)15-2/h1,5-6,13H,7H2,2-3H3. The van der Waals surface area contributed by atoms with Gasteiger partial charge >= 0.3 is 5.97 Å². The molecule has 0 saturated carbocycles. The van der Waals surface area contributed by atoms with Crippen LogP contribution in [0.2, 0.25) is 0 Å². The zero-order valence-electron chi connectivity index (χ0n) is 9.52. The molecule has 0 heterocycles. The number of phenolic OH excluding ortho intramolecular Hbond substituents is 1. The molecule has 1 aromatic rings. The number of hydrogen-bond acceptors (Lipinski definition) is 5. The van der Waals surface area contributed by atoms with Crippen molar-refractivity contribution in [2.24, 2.45) is 0 Å². The number of methoxy groups -OCH3 is 2. The van der Waals surface area contributed by atoms with Gasteiger partial charge in [-0.1, -0.05) is 5.92 Å². The van der Waals surface area contributed by atoms with Crippen molar-refractivity contribution in [3.63, 3.8) is 0 Å². The number of phenols is 1. The van der Waals surface area contributed by atoms with Crippen molar-refractivity contribution in [3.8, 4) is 29.6 Å². The fourth-order valence-corrected chi connectivity index (χ4v) is 1.26. The second-order valence-electron chi connectivity index (χ2n) is 2.98. The largest absolute Gasteiger partial charge is 0.504 e. The molecule has 1 aromatic carbocycles.